The first-order chi connectivity index (χ1) is 17.0. The van der Waals surface area contributed by atoms with Gasteiger partial charge in [0.1, 0.15) is 0 Å². The van der Waals surface area contributed by atoms with E-state index >= 15 is 0 Å². The third-order valence-corrected chi connectivity index (χ3v) is 6.48. The predicted octanol–water partition coefficient (Wildman–Crippen LogP) is 6.75. The molecule has 0 spiro atoms. The SMILES string of the molecule is CCCCCC/C=C\CC(O)CC(=O)NC(CO)C(O)/C=C/CCCCCCCCCCCCC. The highest BCUT2D eigenvalue weighted by Gasteiger charge is 2.19. The van der Waals surface area contributed by atoms with Gasteiger partial charge in [-0.15, -0.1) is 0 Å². The number of nitrogens with one attached hydrogen (secondary N) is 1. The van der Waals surface area contributed by atoms with Crippen LogP contribution < -0.4 is 5.32 Å². The van der Waals surface area contributed by atoms with E-state index in [2.05, 4.69) is 25.2 Å². The lowest BCUT2D eigenvalue weighted by atomic mass is 10.0. The predicted molar refractivity (Wildman–Crippen MR) is 148 cm³/mol. The van der Waals surface area contributed by atoms with E-state index in [9.17, 15) is 20.1 Å². The first kappa shape index (κ1) is 33.8. The molecule has 206 valence electrons. The van der Waals surface area contributed by atoms with Crippen LogP contribution in [-0.2, 0) is 4.79 Å². The maximum Gasteiger partial charge on any atom is 0.223 e. The van der Waals surface area contributed by atoms with E-state index in [-0.39, 0.29) is 18.9 Å². The molecule has 0 saturated carbocycles. The van der Waals surface area contributed by atoms with Crippen molar-refractivity contribution >= 4 is 5.91 Å². The summed E-state index contributed by atoms with van der Waals surface area (Å²) < 4.78 is 0. The van der Waals surface area contributed by atoms with Gasteiger partial charge in [0.15, 0.2) is 0 Å². The van der Waals surface area contributed by atoms with Crippen LogP contribution >= 0.6 is 0 Å². The van der Waals surface area contributed by atoms with Crippen LogP contribution in [0.1, 0.15) is 136 Å². The molecule has 0 fully saturated rings. The third-order valence-electron chi connectivity index (χ3n) is 6.48. The number of rotatable bonds is 25. The monoisotopic (exact) mass is 495 g/mol. The summed E-state index contributed by atoms with van der Waals surface area (Å²) in [4.78, 5) is 12.2. The largest absolute Gasteiger partial charge is 0.394 e. The fourth-order valence-electron chi connectivity index (χ4n) is 4.16. The van der Waals surface area contributed by atoms with Gasteiger partial charge in [-0.3, -0.25) is 4.79 Å². The molecule has 0 aliphatic rings. The first-order valence-electron chi connectivity index (χ1n) is 14.6. The van der Waals surface area contributed by atoms with E-state index in [1.165, 1.54) is 83.5 Å². The Hall–Kier alpha value is -1.17. The molecule has 0 aliphatic carbocycles. The Bertz CT molecular complexity index is 520. The number of aliphatic hydroxyl groups excluding tert-OH is 3. The number of carbonyl (C=O) groups excluding carboxylic acids is 1. The van der Waals surface area contributed by atoms with Gasteiger partial charge >= 0.3 is 0 Å². The van der Waals surface area contributed by atoms with Crippen LogP contribution in [0, 0.1) is 0 Å². The van der Waals surface area contributed by atoms with Crippen molar-refractivity contribution in [1.29, 1.82) is 0 Å². The standard InChI is InChI=1S/C30H57NO4/c1-3-5-7-9-11-12-13-14-15-16-18-20-22-24-29(34)28(26-32)31-30(35)25-27(33)23-21-19-17-10-8-6-4-2/h19,21-22,24,27-29,32-34H,3-18,20,23,25-26H2,1-2H3,(H,31,35)/b21-19-,24-22+. The lowest BCUT2D eigenvalue weighted by molar-refractivity contribution is -0.124. The first-order valence-corrected chi connectivity index (χ1v) is 14.6. The van der Waals surface area contributed by atoms with E-state index in [4.69, 9.17) is 0 Å². The Balaban J connectivity index is 3.88. The summed E-state index contributed by atoms with van der Waals surface area (Å²) in [6.45, 7) is 4.10. The van der Waals surface area contributed by atoms with Crippen molar-refractivity contribution in [3.63, 3.8) is 0 Å². The third kappa shape index (κ3) is 23.0. The second-order valence-electron chi connectivity index (χ2n) is 10.0. The number of carbonyl (C=O) groups is 1. The normalized spacial score (nSPS) is 14.5. The van der Waals surface area contributed by atoms with Crippen LogP contribution in [0.5, 0.6) is 0 Å². The summed E-state index contributed by atoms with van der Waals surface area (Å²) in [5, 5.41) is 32.6. The molecule has 0 rings (SSSR count). The smallest absolute Gasteiger partial charge is 0.223 e. The Morgan fingerprint density at radius 3 is 1.74 bits per heavy atom. The van der Waals surface area contributed by atoms with Crippen molar-refractivity contribution in [2.24, 2.45) is 0 Å². The number of unbranched alkanes of at least 4 members (excludes halogenated alkanes) is 15. The lowest BCUT2D eigenvalue weighted by Gasteiger charge is -2.20. The van der Waals surface area contributed by atoms with Crippen molar-refractivity contribution < 1.29 is 20.1 Å². The van der Waals surface area contributed by atoms with Gasteiger partial charge < -0.3 is 20.6 Å². The molecule has 0 aromatic rings. The average molecular weight is 496 g/mol. The molecule has 0 aromatic carbocycles. The van der Waals surface area contributed by atoms with Gasteiger partial charge in [0.2, 0.25) is 5.91 Å². The van der Waals surface area contributed by atoms with Gasteiger partial charge in [0.05, 0.1) is 31.3 Å². The Kier molecular flexibility index (Phi) is 25.0. The topological polar surface area (TPSA) is 89.8 Å². The molecule has 0 saturated heterocycles. The molecule has 0 radical (unpaired) electrons. The second-order valence-corrected chi connectivity index (χ2v) is 10.0. The van der Waals surface area contributed by atoms with Crippen molar-refractivity contribution in [3.8, 4) is 0 Å². The summed E-state index contributed by atoms with van der Waals surface area (Å²) in [7, 11) is 0. The van der Waals surface area contributed by atoms with E-state index < -0.39 is 18.2 Å². The van der Waals surface area contributed by atoms with Crippen LogP contribution in [0.2, 0.25) is 0 Å². The highest BCUT2D eigenvalue weighted by atomic mass is 16.3. The number of hydrogen-bond donors (Lipinski definition) is 4. The Morgan fingerprint density at radius 1 is 0.714 bits per heavy atom. The summed E-state index contributed by atoms with van der Waals surface area (Å²) >= 11 is 0. The highest BCUT2D eigenvalue weighted by Crippen LogP contribution is 2.12. The van der Waals surface area contributed by atoms with Gasteiger partial charge in [-0.1, -0.05) is 122 Å². The zero-order chi connectivity index (χ0) is 26.0. The minimum absolute atomic E-state index is 0.0359. The number of hydrogen-bond acceptors (Lipinski definition) is 4. The molecule has 0 aromatic heterocycles. The average Bonchev–Trinajstić information content (AvgIpc) is 2.84. The molecule has 3 atom stereocenters. The molecule has 4 N–H and O–H groups in total. The van der Waals surface area contributed by atoms with Crippen LogP contribution in [-0.4, -0.2) is 46.1 Å². The van der Waals surface area contributed by atoms with Crippen LogP contribution in [0.15, 0.2) is 24.3 Å². The maximum absolute atomic E-state index is 12.2. The van der Waals surface area contributed by atoms with Gasteiger partial charge in [0.25, 0.3) is 0 Å². The highest BCUT2D eigenvalue weighted by molar-refractivity contribution is 5.76. The molecule has 5 heteroatoms. The van der Waals surface area contributed by atoms with E-state index in [1.807, 2.05) is 12.2 Å². The van der Waals surface area contributed by atoms with Crippen LogP contribution in [0.25, 0.3) is 0 Å². The molecule has 0 aliphatic heterocycles. The molecule has 0 heterocycles. The molecule has 1 amide bonds. The number of allylic oxidation sites excluding steroid dienone is 2. The Labute approximate surface area is 216 Å². The van der Waals surface area contributed by atoms with E-state index in [0.717, 1.165) is 25.7 Å². The summed E-state index contributed by atoms with van der Waals surface area (Å²) in [6, 6.07) is -0.752. The molecule has 3 unspecified atom stereocenters. The van der Waals surface area contributed by atoms with Gasteiger partial charge in [-0.05, 0) is 32.1 Å². The number of amides is 1. The lowest BCUT2D eigenvalue weighted by Crippen LogP contribution is -2.45. The van der Waals surface area contributed by atoms with Crippen LogP contribution in [0.3, 0.4) is 0 Å². The second kappa shape index (κ2) is 25.9. The molecule has 0 bridgehead atoms. The summed E-state index contributed by atoms with van der Waals surface area (Å²) in [6.07, 6.45) is 27.4. The molecule has 5 nitrogen and oxygen atoms in total. The molecular formula is C30H57NO4. The minimum atomic E-state index is -0.934. The summed E-state index contributed by atoms with van der Waals surface area (Å²) in [5.41, 5.74) is 0. The van der Waals surface area contributed by atoms with Gasteiger partial charge in [-0.2, -0.15) is 0 Å². The van der Waals surface area contributed by atoms with Crippen molar-refractivity contribution in [3.05, 3.63) is 24.3 Å². The summed E-state index contributed by atoms with van der Waals surface area (Å²) in [5.74, 6) is -0.356. The fourth-order valence-corrected chi connectivity index (χ4v) is 4.16. The Morgan fingerprint density at radius 2 is 1.20 bits per heavy atom. The quantitative estimate of drug-likeness (QED) is 0.0833. The number of aliphatic hydroxyl groups is 3. The maximum atomic E-state index is 12.2. The molecular weight excluding hydrogens is 438 g/mol. The minimum Gasteiger partial charge on any atom is -0.394 e. The van der Waals surface area contributed by atoms with E-state index in [0.29, 0.717) is 6.42 Å². The van der Waals surface area contributed by atoms with Gasteiger partial charge in [0, 0.05) is 0 Å². The zero-order valence-electron chi connectivity index (χ0n) is 22.9. The fraction of sp³-hybridized carbons (Fsp3) is 0.833. The van der Waals surface area contributed by atoms with Gasteiger partial charge in [-0.25, -0.2) is 0 Å². The zero-order valence-corrected chi connectivity index (χ0v) is 22.9. The molecule has 35 heavy (non-hydrogen) atoms. The van der Waals surface area contributed by atoms with E-state index in [1.54, 1.807) is 6.08 Å². The van der Waals surface area contributed by atoms with Crippen molar-refractivity contribution in [2.75, 3.05) is 6.61 Å². The van der Waals surface area contributed by atoms with Crippen LogP contribution in [0.4, 0.5) is 0 Å². The van der Waals surface area contributed by atoms with Crippen molar-refractivity contribution in [2.45, 2.75) is 154 Å². The van der Waals surface area contributed by atoms with Crippen molar-refractivity contribution in [1.82, 2.24) is 5.32 Å².